The highest BCUT2D eigenvalue weighted by atomic mass is 32.1. The van der Waals surface area contributed by atoms with Crippen LogP contribution in [0.5, 0.6) is 0 Å². The normalized spacial score (nSPS) is 26.6. The number of nitrogens with zero attached hydrogens (tertiary/aromatic N) is 3. The lowest BCUT2D eigenvalue weighted by atomic mass is 10.1. The average Bonchev–Trinajstić information content (AvgIpc) is 2.81. The highest BCUT2D eigenvalue weighted by Gasteiger charge is 2.61. The molecule has 23 heavy (non-hydrogen) atoms. The van der Waals surface area contributed by atoms with Crippen molar-refractivity contribution in [1.29, 1.82) is 0 Å². The minimum atomic E-state index is 0.107. The molecule has 0 radical (unpaired) electrons. The first-order valence-electron chi connectivity index (χ1n) is 8.49. The Hall–Kier alpha value is -1.36. The lowest BCUT2D eigenvalue weighted by Gasteiger charge is -2.22. The van der Waals surface area contributed by atoms with Gasteiger partial charge in [0.05, 0.1) is 5.92 Å². The van der Waals surface area contributed by atoms with Gasteiger partial charge in [0, 0.05) is 37.8 Å². The van der Waals surface area contributed by atoms with Gasteiger partial charge in [-0.2, -0.15) is 0 Å². The molecule has 2 atom stereocenters. The molecule has 2 fully saturated rings. The average molecular weight is 334 g/mol. The number of rotatable bonds is 3. The van der Waals surface area contributed by atoms with Crippen molar-refractivity contribution in [2.24, 2.45) is 17.3 Å². The quantitative estimate of drug-likeness (QED) is 0.795. The summed E-state index contributed by atoms with van der Waals surface area (Å²) in [6, 6.07) is 0. The lowest BCUT2D eigenvalue weighted by molar-refractivity contribution is -0.133. The summed E-state index contributed by atoms with van der Waals surface area (Å²) in [5, 5.41) is 3.09. The van der Waals surface area contributed by atoms with Crippen molar-refractivity contribution >= 4 is 22.4 Å². The van der Waals surface area contributed by atoms with Gasteiger partial charge in [-0.05, 0) is 31.6 Å². The molecular weight excluding hydrogens is 306 g/mol. The molecular formula is C18H27N3OS. The molecule has 3 rings (SSSR count). The maximum absolute atomic E-state index is 13.0. The van der Waals surface area contributed by atoms with Crippen LogP contribution in [-0.4, -0.2) is 42.0 Å². The fourth-order valence-corrected chi connectivity index (χ4v) is 4.41. The zero-order valence-electron chi connectivity index (χ0n) is 14.6. The van der Waals surface area contributed by atoms with Crippen LogP contribution >= 0.6 is 11.3 Å². The van der Waals surface area contributed by atoms with E-state index in [1.807, 2.05) is 11.6 Å². The molecule has 0 unspecified atom stereocenters. The van der Waals surface area contributed by atoms with Gasteiger partial charge in [0.2, 0.25) is 5.91 Å². The van der Waals surface area contributed by atoms with Crippen LogP contribution in [0.25, 0.3) is 0 Å². The second-order valence-corrected chi connectivity index (χ2v) is 8.42. The number of hydrogen-bond acceptors (Lipinski definition) is 4. The molecule has 1 amide bonds. The van der Waals surface area contributed by atoms with Crippen LogP contribution in [0.1, 0.15) is 34.1 Å². The summed E-state index contributed by atoms with van der Waals surface area (Å²) in [7, 11) is 0. The van der Waals surface area contributed by atoms with E-state index in [2.05, 4.69) is 48.6 Å². The Balaban J connectivity index is 1.64. The SMILES string of the molecule is CC(C)=C[C@@H]1[C@H](C(=O)N2CCCN(c3nccs3)CC2)C1(C)C. The van der Waals surface area contributed by atoms with Gasteiger partial charge >= 0.3 is 0 Å². The standard InChI is InChI=1S/C18H27N3OS/c1-13(2)12-14-15(18(14,3)4)16(22)20-7-5-8-21(10-9-20)17-19-6-11-23-17/h6,11-12,14-15H,5,7-10H2,1-4H3/t14-,15-/m1/s1. The number of hydrogen-bond donors (Lipinski definition) is 0. The third-order valence-electron chi connectivity index (χ3n) is 5.19. The fraction of sp³-hybridized carbons (Fsp3) is 0.667. The molecule has 2 aliphatic rings. The van der Waals surface area contributed by atoms with E-state index in [9.17, 15) is 4.79 Å². The van der Waals surface area contributed by atoms with Crippen molar-refractivity contribution in [3.63, 3.8) is 0 Å². The van der Waals surface area contributed by atoms with Crippen molar-refractivity contribution < 1.29 is 4.79 Å². The number of aromatic nitrogens is 1. The minimum Gasteiger partial charge on any atom is -0.346 e. The smallest absolute Gasteiger partial charge is 0.226 e. The predicted molar refractivity (Wildman–Crippen MR) is 95.7 cm³/mol. The van der Waals surface area contributed by atoms with E-state index in [1.165, 1.54) is 5.57 Å². The van der Waals surface area contributed by atoms with Gasteiger partial charge < -0.3 is 9.80 Å². The van der Waals surface area contributed by atoms with Gasteiger partial charge in [0.25, 0.3) is 0 Å². The first-order valence-corrected chi connectivity index (χ1v) is 9.37. The molecule has 1 aromatic rings. The summed E-state index contributed by atoms with van der Waals surface area (Å²) in [4.78, 5) is 21.8. The number of carbonyl (C=O) groups excluding carboxylic acids is 1. The molecule has 5 heteroatoms. The van der Waals surface area contributed by atoms with Crippen LogP contribution in [0.4, 0.5) is 5.13 Å². The molecule has 0 spiro atoms. The van der Waals surface area contributed by atoms with Gasteiger partial charge in [0.15, 0.2) is 5.13 Å². The number of anilines is 1. The van der Waals surface area contributed by atoms with Gasteiger partial charge in [-0.15, -0.1) is 11.3 Å². The van der Waals surface area contributed by atoms with Crippen molar-refractivity contribution in [3.8, 4) is 0 Å². The van der Waals surface area contributed by atoms with Crippen LogP contribution in [0.15, 0.2) is 23.2 Å². The van der Waals surface area contributed by atoms with Gasteiger partial charge in [0.1, 0.15) is 0 Å². The monoisotopic (exact) mass is 333 g/mol. The molecule has 1 saturated heterocycles. The minimum absolute atomic E-state index is 0.107. The first kappa shape index (κ1) is 16.5. The highest BCUT2D eigenvalue weighted by molar-refractivity contribution is 7.13. The topological polar surface area (TPSA) is 36.4 Å². The zero-order valence-corrected chi connectivity index (χ0v) is 15.4. The lowest BCUT2D eigenvalue weighted by Crippen LogP contribution is -2.37. The van der Waals surface area contributed by atoms with Crippen molar-refractivity contribution in [1.82, 2.24) is 9.88 Å². The molecule has 0 N–H and O–H groups in total. The molecule has 126 valence electrons. The summed E-state index contributed by atoms with van der Waals surface area (Å²) in [5.41, 5.74) is 1.42. The summed E-state index contributed by atoms with van der Waals surface area (Å²) in [6.07, 6.45) is 5.15. The number of amides is 1. The molecule has 1 aromatic heterocycles. The van der Waals surface area contributed by atoms with E-state index in [4.69, 9.17) is 0 Å². The predicted octanol–water partition coefficient (Wildman–Crippen LogP) is 3.42. The van der Waals surface area contributed by atoms with E-state index in [0.29, 0.717) is 11.8 Å². The molecule has 0 aromatic carbocycles. The fourth-order valence-electron chi connectivity index (χ4n) is 3.72. The summed E-state index contributed by atoms with van der Waals surface area (Å²) >= 11 is 1.68. The first-order chi connectivity index (χ1) is 10.9. The largest absolute Gasteiger partial charge is 0.346 e. The van der Waals surface area contributed by atoms with Crippen molar-refractivity contribution in [2.45, 2.75) is 34.1 Å². The highest BCUT2D eigenvalue weighted by Crippen LogP contribution is 2.60. The van der Waals surface area contributed by atoms with Crippen molar-refractivity contribution in [3.05, 3.63) is 23.2 Å². The Labute approximate surface area is 143 Å². The molecule has 0 bridgehead atoms. The Morgan fingerprint density at radius 3 is 2.74 bits per heavy atom. The summed E-state index contributed by atoms with van der Waals surface area (Å²) in [6.45, 7) is 12.2. The third-order valence-corrected chi connectivity index (χ3v) is 6.02. The molecule has 1 saturated carbocycles. The number of allylic oxidation sites excluding steroid dienone is 2. The Bertz CT molecular complexity index is 589. The molecule has 4 nitrogen and oxygen atoms in total. The second-order valence-electron chi connectivity index (χ2n) is 7.55. The van der Waals surface area contributed by atoms with Gasteiger partial charge in [-0.25, -0.2) is 4.98 Å². The van der Waals surface area contributed by atoms with E-state index >= 15 is 0 Å². The Morgan fingerprint density at radius 1 is 1.30 bits per heavy atom. The molecule has 1 aliphatic carbocycles. The van der Waals surface area contributed by atoms with Gasteiger partial charge in [-0.3, -0.25) is 4.79 Å². The van der Waals surface area contributed by atoms with Gasteiger partial charge in [-0.1, -0.05) is 25.5 Å². The molecule has 2 heterocycles. The van der Waals surface area contributed by atoms with Crippen LogP contribution in [0.2, 0.25) is 0 Å². The van der Waals surface area contributed by atoms with Crippen LogP contribution < -0.4 is 4.90 Å². The van der Waals surface area contributed by atoms with Crippen LogP contribution in [0, 0.1) is 17.3 Å². The van der Waals surface area contributed by atoms with Crippen LogP contribution in [-0.2, 0) is 4.79 Å². The summed E-state index contributed by atoms with van der Waals surface area (Å²) < 4.78 is 0. The van der Waals surface area contributed by atoms with Crippen LogP contribution in [0.3, 0.4) is 0 Å². The molecule has 1 aliphatic heterocycles. The Kier molecular flexibility index (Phi) is 4.50. The number of thiazole rings is 1. The maximum Gasteiger partial charge on any atom is 0.226 e. The summed E-state index contributed by atoms with van der Waals surface area (Å²) in [5.74, 6) is 0.903. The van der Waals surface area contributed by atoms with E-state index < -0.39 is 0 Å². The van der Waals surface area contributed by atoms with E-state index in [-0.39, 0.29) is 11.3 Å². The number of carbonyl (C=O) groups is 1. The van der Waals surface area contributed by atoms with E-state index in [1.54, 1.807) is 11.3 Å². The maximum atomic E-state index is 13.0. The second kappa shape index (κ2) is 6.27. The van der Waals surface area contributed by atoms with E-state index in [0.717, 1.165) is 37.7 Å². The third kappa shape index (κ3) is 3.30. The zero-order chi connectivity index (χ0) is 16.6. The Morgan fingerprint density at radius 2 is 2.09 bits per heavy atom. The van der Waals surface area contributed by atoms with Crippen molar-refractivity contribution in [2.75, 3.05) is 31.1 Å².